The van der Waals surface area contributed by atoms with Gasteiger partial charge in [-0.25, -0.2) is 8.78 Å². The highest BCUT2D eigenvalue weighted by Crippen LogP contribution is 2.24. The molecule has 17 heavy (non-hydrogen) atoms. The third-order valence-electron chi connectivity index (χ3n) is 2.98. The van der Waals surface area contributed by atoms with Crippen LogP contribution in [-0.2, 0) is 11.2 Å². The summed E-state index contributed by atoms with van der Waals surface area (Å²) in [5, 5.41) is 3.06. The summed E-state index contributed by atoms with van der Waals surface area (Å²) >= 11 is 3.02. The second kappa shape index (κ2) is 5.23. The van der Waals surface area contributed by atoms with Gasteiger partial charge in [-0.1, -0.05) is 0 Å². The Hall–Kier alpha value is -0.810. The van der Waals surface area contributed by atoms with E-state index in [2.05, 4.69) is 21.2 Å². The minimum Gasteiger partial charge on any atom is -0.316 e. The summed E-state index contributed by atoms with van der Waals surface area (Å²) in [6.45, 7) is 1.14. The molecule has 0 spiro atoms. The van der Waals surface area contributed by atoms with Gasteiger partial charge in [0.25, 0.3) is 0 Å². The lowest BCUT2D eigenvalue weighted by Gasteiger charge is -2.22. The number of hydrogen-bond donors (Lipinski definition) is 1. The Morgan fingerprint density at radius 3 is 2.88 bits per heavy atom. The number of hydrogen-bond acceptors (Lipinski definition) is 2. The number of carbonyl (C=O) groups excluding carboxylic acids is 1. The van der Waals surface area contributed by atoms with Crippen molar-refractivity contribution in [3.63, 3.8) is 0 Å². The molecule has 0 amide bonds. The summed E-state index contributed by atoms with van der Waals surface area (Å²) in [6.07, 6.45) is 0.546. The first-order valence-corrected chi connectivity index (χ1v) is 6.24. The van der Waals surface area contributed by atoms with E-state index in [1.165, 1.54) is 12.1 Å². The van der Waals surface area contributed by atoms with Gasteiger partial charge in [0.15, 0.2) is 0 Å². The monoisotopic (exact) mass is 303 g/mol. The lowest BCUT2D eigenvalue weighted by Crippen LogP contribution is -2.38. The Balaban J connectivity index is 2.23. The molecule has 0 bridgehead atoms. The van der Waals surface area contributed by atoms with Gasteiger partial charge in [-0.15, -0.1) is 0 Å². The molecule has 1 aliphatic heterocycles. The first kappa shape index (κ1) is 12.6. The Labute approximate surface area is 107 Å². The first-order chi connectivity index (χ1) is 8.09. The first-order valence-electron chi connectivity index (χ1n) is 5.45. The van der Waals surface area contributed by atoms with Gasteiger partial charge in [0.05, 0.1) is 4.47 Å². The summed E-state index contributed by atoms with van der Waals surface area (Å²) < 4.78 is 27.5. The van der Waals surface area contributed by atoms with Gasteiger partial charge in [-0.3, -0.25) is 4.79 Å². The Morgan fingerprint density at radius 1 is 1.41 bits per heavy atom. The van der Waals surface area contributed by atoms with Crippen molar-refractivity contribution in [2.45, 2.75) is 12.8 Å². The number of carbonyl (C=O) groups is 1. The number of nitrogens with one attached hydrogen (secondary N) is 1. The van der Waals surface area contributed by atoms with E-state index in [0.717, 1.165) is 0 Å². The molecule has 2 nitrogen and oxygen atoms in total. The number of ketones is 1. The lowest BCUT2D eigenvalue weighted by molar-refractivity contribution is -0.123. The summed E-state index contributed by atoms with van der Waals surface area (Å²) in [4.78, 5) is 11.6. The fourth-order valence-electron chi connectivity index (χ4n) is 1.99. The number of rotatable bonds is 2. The normalized spacial score (nSPS) is 20.6. The number of halogens is 3. The molecule has 1 fully saturated rings. The van der Waals surface area contributed by atoms with Crippen LogP contribution in [-0.4, -0.2) is 18.9 Å². The molecule has 1 aliphatic rings. The maximum Gasteiger partial charge on any atom is 0.143 e. The van der Waals surface area contributed by atoms with E-state index in [-0.39, 0.29) is 28.2 Å². The maximum absolute atomic E-state index is 13.7. The van der Waals surface area contributed by atoms with E-state index in [1.807, 2.05) is 0 Å². The quantitative estimate of drug-likeness (QED) is 0.850. The molecule has 92 valence electrons. The van der Waals surface area contributed by atoms with Crippen molar-refractivity contribution in [2.24, 2.45) is 5.92 Å². The van der Waals surface area contributed by atoms with Crippen LogP contribution in [0.4, 0.5) is 8.78 Å². The molecule has 1 heterocycles. The van der Waals surface area contributed by atoms with Crippen LogP contribution in [0, 0.1) is 17.6 Å². The number of piperidine rings is 1. The molecule has 1 atom stereocenters. The van der Waals surface area contributed by atoms with Gasteiger partial charge in [-0.2, -0.15) is 0 Å². The van der Waals surface area contributed by atoms with E-state index in [4.69, 9.17) is 0 Å². The molecule has 0 radical (unpaired) electrons. The van der Waals surface area contributed by atoms with Crippen LogP contribution in [0.25, 0.3) is 0 Å². The van der Waals surface area contributed by atoms with Crippen LogP contribution in [0.3, 0.4) is 0 Å². The SMILES string of the molecule is O=C1CCNCC1Cc1c(F)ccc(Br)c1F. The van der Waals surface area contributed by atoms with Crippen molar-refractivity contribution in [3.05, 3.63) is 33.8 Å². The predicted octanol–water partition coefficient (Wildman–Crippen LogP) is 2.45. The van der Waals surface area contributed by atoms with Gasteiger partial charge in [0.2, 0.25) is 0 Å². The highest BCUT2D eigenvalue weighted by molar-refractivity contribution is 9.10. The van der Waals surface area contributed by atoms with Crippen molar-refractivity contribution in [1.29, 1.82) is 0 Å². The van der Waals surface area contributed by atoms with Crippen molar-refractivity contribution >= 4 is 21.7 Å². The van der Waals surface area contributed by atoms with Gasteiger partial charge in [0.1, 0.15) is 17.4 Å². The smallest absolute Gasteiger partial charge is 0.143 e. The topological polar surface area (TPSA) is 29.1 Å². The minimum absolute atomic E-state index is 0.0126. The summed E-state index contributed by atoms with van der Waals surface area (Å²) in [5.74, 6) is -1.46. The summed E-state index contributed by atoms with van der Waals surface area (Å²) in [6, 6.07) is 2.54. The van der Waals surface area contributed by atoms with Gasteiger partial charge in [-0.05, 0) is 34.5 Å². The fourth-order valence-corrected chi connectivity index (χ4v) is 2.37. The largest absolute Gasteiger partial charge is 0.316 e. The van der Waals surface area contributed by atoms with Gasteiger partial charge >= 0.3 is 0 Å². The van der Waals surface area contributed by atoms with Crippen LogP contribution >= 0.6 is 15.9 Å². The highest BCUT2D eigenvalue weighted by atomic mass is 79.9. The Morgan fingerprint density at radius 2 is 2.18 bits per heavy atom. The van der Waals surface area contributed by atoms with Crippen LogP contribution in [0.2, 0.25) is 0 Å². The highest BCUT2D eigenvalue weighted by Gasteiger charge is 2.25. The molecule has 1 saturated heterocycles. The van der Waals surface area contributed by atoms with E-state index >= 15 is 0 Å². The Bertz CT molecular complexity index is 450. The maximum atomic E-state index is 13.7. The molecular weight excluding hydrogens is 292 g/mol. The number of benzene rings is 1. The van der Waals surface area contributed by atoms with Crippen molar-refractivity contribution < 1.29 is 13.6 Å². The molecule has 1 unspecified atom stereocenters. The summed E-state index contributed by atoms with van der Waals surface area (Å²) in [7, 11) is 0. The summed E-state index contributed by atoms with van der Waals surface area (Å²) in [5.41, 5.74) is -0.0126. The van der Waals surface area contributed by atoms with Gasteiger partial charge < -0.3 is 5.32 Å². The molecule has 0 aliphatic carbocycles. The molecule has 0 aromatic heterocycles. The van der Waals surface area contributed by atoms with Crippen molar-refractivity contribution in [2.75, 3.05) is 13.1 Å². The van der Waals surface area contributed by atoms with Crippen LogP contribution in [0.1, 0.15) is 12.0 Å². The molecular formula is C12H12BrF2NO. The third kappa shape index (κ3) is 2.72. The second-order valence-electron chi connectivity index (χ2n) is 4.14. The zero-order valence-electron chi connectivity index (χ0n) is 9.10. The molecule has 0 saturated carbocycles. The van der Waals surface area contributed by atoms with Crippen LogP contribution in [0.15, 0.2) is 16.6 Å². The fraction of sp³-hybridized carbons (Fsp3) is 0.417. The molecule has 5 heteroatoms. The second-order valence-corrected chi connectivity index (χ2v) is 5.00. The van der Waals surface area contributed by atoms with E-state index in [1.54, 1.807) is 0 Å². The van der Waals surface area contributed by atoms with Crippen molar-refractivity contribution in [3.8, 4) is 0 Å². The molecule has 1 aromatic carbocycles. The average molecular weight is 304 g/mol. The molecule has 1 N–H and O–H groups in total. The number of Topliss-reactive ketones (excluding diaryl/α,β-unsaturated/α-hetero) is 1. The van der Waals surface area contributed by atoms with Crippen LogP contribution < -0.4 is 5.32 Å². The molecule has 2 rings (SSSR count). The van der Waals surface area contributed by atoms with E-state index in [9.17, 15) is 13.6 Å². The third-order valence-corrected chi connectivity index (χ3v) is 3.60. The standard InChI is InChI=1S/C12H12BrF2NO/c13-9-1-2-10(14)8(12(9)15)5-7-6-16-4-3-11(7)17/h1-2,7,16H,3-6H2. The van der Waals surface area contributed by atoms with E-state index in [0.29, 0.717) is 19.5 Å². The van der Waals surface area contributed by atoms with Gasteiger partial charge in [0, 0.05) is 31.0 Å². The zero-order chi connectivity index (χ0) is 12.4. The predicted molar refractivity (Wildman–Crippen MR) is 63.7 cm³/mol. The minimum atomic E-state index is -0.608. The Kier molecular flexibility index (Phi) is 3.89. The lowest BCUT2D eigenvalue weighted by atomic mass is 9.91. The van der Waals surface area contributed by atoms with E-state index < -0.39 is 11.6 Å². The molecule has 1 aromatic rings. The average Bonchev–Trinajstić information content (AvgIpc) is 2.32. The zero-order valence-corrected chi connectivity index (χ0v) is 10.7. The van der Waals surface area contributed by atoms with Crippen molar-refractivity contribution in [1.82, 2.24) is 5.32 Å². The van der Waals surface area contributed by atoms with Crippen LogP contribution in [0.5, 0.6) is 0 Å².